The molecule has 4 aromatic rings. The number of nitrogens with zero attached hydrogens (tertiary/aromatic N) is 4. The third kappa shape index (κ3) is 3.69. The van der Waals surface area contributed by atoms with Gasteiger partial charge >= 0.3 is 0 Å². The standard InChI is InChI=1S/C24H21N5O3/c25-13-16-5-7-18(8-6-16)28-11-9-17(10-12-28)27-21(30)14-29-15-26-22-19-3-1-2-4-20(19)32-23(22)24(29)31/h1-8,15,17H,9-12,14H2,(H,27,30). The molecule has 0 radical (unpaired) electrons. The van der Waals surface area contributed by atoms with Crippen LogP contribution in [0.4, 0.5) is 5.69 Å². The molecule has 8 heteroatoms. The largest absolute Gasteiger partial charge is 0.448 e. The number of para-hydroxylation sites is 1. The van der Waals surface area contributed by atoms with Gasteiger partial charge in [0.05, 0.1) is 18.0 Å². The number of hydrogen-bond donors (Lipinski definition) is 1. The van der Waals surface area contributed by atoms with Crippen LogP contribution in [-0.4, -0.2) is 34.6 Å². The Labute approximate surface area is 183 Å². The number of carbonyl (C=O) groups excluding carboxylic acids is 1. The van der Waals surface area contributed by atoms with Gasteiger partial charge in [-0.15, -0.1) is 0 Å². The molecule has 2 aromatic carbocycles. The van der Waals surface area contributed by atoms with Gasteiger partial charge in [0.2, 0.25) is 11.5 Å². The molecule has 0 unspecified atom stereocenters. The van der Waals surface area contributed by atoms with Gasteiger partial charge < -0.3 is 14.6 Å². The summed E-state index contributed by atoms with van der Waals surface area (Å²) in [5, 5.41) is 12.7. The lowest BCUT2D eigenvalue weighted by atomic mass is 10.0. The second-order valence-corrected chi connectivity index (χ2v) is 7.94. The zero-order valence-corrected chi connectivity index (χ0v) is 17.3. The molecule has 32 heavy (non-hydrogen) atoms. The van der Waals surface area contributed by atoms with Crippen molar-refractivity contribution in [2.75, 3.05) is 18.0 Å². The van der Waals surface area contributed by atoms with Crippen molar-refractivity contribution in [3.05, 3.63) is 70.8 Å². The molecule has 0 bridgehead atoms. The van der Waals surface area contributed by atoms with Gasteiger partial charge in [-0.25, -0.2) is 4.98 Å². The fourth-order valence-electron chi connectivity index (χ4n) is 4.18. The minimum atomic E-state index is -0.364. The zero-order chi connectivity index (χ0) is 22.1. The van der Waals surface area contributed by atoms with E-state index in [9.17, 15) is 9.59 Å². The van der Waals surface area contributed by atoms with E-state index in [1.807, 2.05) is 42.5 Å². The summed E-state index contributed by atoms with van der Waals surface area (Å²) in [7, 11) is 0. The minimum Gasteiger partial charge on any atom is -0.448 e. The molecule has 3 heterocycles. The quantitative estimate of drug-likeness (QED) is 0.537. The molecular weight excluding hydrogens is 406 g/mol. The molecule has 0 spiro atoms. The van der Waals surface area contributed by atoms with E-state index in [0.717, 1.165) is 37.0 Å². The van der Waals surface area contributed by atoms with Crippen molar-refractivity contribution in [2.24, 2.45) is 0 Å². The molecule has 1 amide bonds. The van der Waals surface area contributed by atoms with Crippen LogP contribution < -0.4 is 15.8 Å². The van der Waals surface area contributed by atoms with Crippen molar-refractivity contribution in [2.45, 2.75) is 25.4 Å². The van der Waals surface area contributed by atoms with Crippen LogP contribution in [0, 0.1) is 11.3 Å². The Morgan fingerprint density at radius 2 is 1.91 bits per heavy atom. The van der Waals surface area contributed by atoms with Gasteiger partial charge in [-0.1, -0.05) is 12.1 Å². The van der Waals surface area contributed by atoms with E-state index in [4.69, 9.17) is 9.68 Å². The zero-order valence-electron chi connectivity index (χ0n) is 17.3. The van der Waals surface area contributed by atoms with Gasteiger partial charge in [0.15, 0.2) is 0 Å². The Hall–Kier alpha value is -4.12. The van der Waals surface area contributed by atoms with E-state index < -0.39 is 0 Å². The number of hydrogen-bond acceptors (Lipinski definition) is 6. The van der Waals surface area contributed by atoms with Gasteiger partial charge in [0.25, 0.3) is 5.56 Å². The van der Waals surface area contributed by atoms with E-state index in [1.54, 1.807) is 6.07 Å². The second-order valence-electron chi connectivity index (χ2n) is 7.94. The highest BCUT2D eigenvalue weighted by Gasteiger charge is 2.22. The van der Waals surface area contributed by atoms with Crippen molar-refractivity contribution in [3.8, 4) is 6.07 Å². The first-order chi connectivity index (χ1) is 15.6. The number of furan rings is 1. The molecule has 1 N–H and O–H groups in total. The second kappa shape index (κ2) is 8.19. The van der Waals surface area contributed by atoms with Crippen LogP contribution >= 0.6 is 0 Å². The Morgan fingerprint density at radius 3 is 2.66 bits per heavy atom. The van der Waals surface area contributed by atoms with Crippen LogP contribution in [0.3, 0.4) is 0 Å². The maximum atomic E-state index is 12.8. The summed E-state index contributed by atoms with van der Waals surface area (Å²) >= 11 is 0. The summed E-state index contributed by atoms with van der Waals surface area (Å²) in [6, 6.07) is 17.1. The first kappa shape index (κ1) is 19.8. The molecule has 0 aliphatic carbocycles. The molecule has 1 aliphatic heterocycles. The molecule has 2 aromatic heterocycles. The molecule has 160 valence electrons. The number of fused-ring (bicyclic) bond motifs is 3. The fraction of sp³-hybridized carbons (Fsp3) is 0.250. The Bertz CT molecular complexity index is 1390. The maximum Gasteiger partial charge on any atom is 0.297 e. The van der Waals surface area contributed by atoms with E-state index in [0.29, 0.717) is 16.7 Å². The molecule has 1 aliphatic rings. The first-order valence-corrected chi connectivity index (χ1v) is 10.5. The number of benzene rings is 2. The van der Waals surface area contributed by atoms with Gasteiger partial charge in [0, 0.05) is 30.2 Å². The summed E-state index contributed by atoms with van der Waals surface area (Å²) in [5.41, 5.74) is 2.63. The highest BCUT2D eigenvalue weighted by molar-refractivity contribution is 6.01. The highest BCUT2D eigenvalue weighted by Crippen LogP contribution is 2.24. The SMILES string of the molecule is N#Cc1ccc(N2CCC(NC(=O)Cn3cnc4c(oc5ccccc54)c3=O)CC2)cc1. The topological polar surface area (TPSA) is 104 Å². The number of rotatable bonds is 4. The molecule has 5 rings (SSSR count). The van der Waals surface area contributed by atoms with Crippen molar-refractivity contribution in [3.63, 3.8) is 0 Å². The summed E-state index contributed by atoms with van der Waals surface area (Å²) in [6.45, 7) is 1.52. The molecule has 1 saturated heterocycles. The predicted molar refractivity (Wildman–Crippen MR) is 120 cm³/mol. The molecule has 0 saturated carbocycles. The maximum absolute atomic E-state index is 12.8. The molecule has 8 nitrogen and oxygen atoms in total. The van der Waals surface area contributed by atoms with Crippen LogP contribution in [0.15, 0.2) is 64.1 Å². The first-order valence-electron chi connectivity index (χ1n) is 10.5. The van der Waals surface area contributed by atoms with Crippen LogP contribution in [0.1, 0.15) is 18.4 Å². The van der Waals surface area contributed by atoms with Crippen LogP contribution in [-0.2, 0) is 11.3 Å². The van der Waals surface area contributed by atoms with Crippen LogP contribution in [0.25, 0.3) is 22.1 Å². The van der Waals surface area contributed by atoms with Crippen molar-refractivity contribution in [1.29, 1.82) is 5.26 Å². The third-order valence-electron chi connectivity index (χ3n) is 5.89. The number of nitriles is 1. The average Bonchev–Trinajstić information content (AvgIpc) is 3.21. The Balaban J connectivity index is 1.22. The van der Waals surface area contributed by atoms with Crippen molar-refractivity contribution < 1.29 is 9.21 Å². The lowest BCUT2D eigenvalue weighted by Gasteiger charge is -2.34. The normalized spacial score (nSPS) is 14.5. The Morgan fingerprint density at radius 1 is 1.16 bits per heavy atom. The van der Waals surface area contributed by atoms with Gasteiger partial charge in [0.1, 0.15) is 17.6 Å². The van der Waals surface area contributed by atoms with Gasteiger partial charge in [-0.2, -0.15) is 5.26 Å². The third-order valence-corrected chi connectivity index (χ3v) is 5.89. The highest BCUT2D eigenvalue weighted by atomic mass is 16.3. The predicted octanol–water partition coefficient (Wildman–Crippen LogP) is 2.80. The molecule has 1 fully saturated rings. The van der Waals surface area contributed by atoms with Crippen LogP contribution in [0.5, 0.6) is 0 Å². The molecular formula is C24H21N5O3. The summed E-state index contributed by atoms with van der Waals surface area (Å²) in [6.07, 6.45) is 3.02. The summed E-state index contributed by atoms with van der Waals surface area (Å²) in [4.78, 5) is 32.0. The monoisotopic (exact) mass is 427 g/mol. The lowest BCUT2D eigenvalue weighted by Crippen LogP contribution is -2.46. The van der Waals surface area contributed by atoms with Gasteiger partial charge in [-0.05, 0) is 49.2 Å². The Kier molecular flexibility index (Phi) is 5.07. The number of amides is 1. The minimum absolute atomic E-state index is 0.0516. The van der Waals surface area contributed by atoms with Crippen molar-refractivity contribution >= 4 is 33.7 Å². The van der Waals surface area contributed by atoms with Crippen LogP contribution in [0.2, 0.25) is 0 Å². The fourth-order valence-corrected chi connectivity index (χ4v) is 4.18. The lowest BCUT2D eigenvalue weighted by molar-refractivity contribution is -0.122. The number of carbonyl (C=O) groups is 1. The summed E-state index contributed by atoms with van der Waals surface area (Å²) < 4.78 is 6.96. The number of anilines is 1. The van der Waals surface area contributed by atoms with E-state index in [1.165, 1.54) is 10.9 Å². The van der Waals surface area contributed by atoms with Gasteiger partial charge in [-0.3, -0.25) is 14.2 Å². The number of aromatic nitrogens is 2. The number of piperidine rings is 1. The average molecular weight is 427 g/mol. The van der Waals surface area contributed by atoms with E-state index in [-0.39, 0.29) is 29.6 Å². The van der Waals surface area contributed by atoms with E-state index >= 15 is 0 Å². The smallest absolute Gasteiger partial charge is 0.297 e. The van der Waals surface area contributed by atoms with E-state index in [2.05, 4.69) is 21.3 Å². The van der Waals surface area contributed by atoms with Crippen molar-refractivity contribution in [1.82, 2.24) is 14.9 Å². The number of nitrogens with one attached hydrogen (secondary N) is 1. The molecule has 0 atom stereocenters. The summed E-state index contributed by atoms with van der Waals surface area (Å²) in [5.74, 6) is -0.221.